The molecular formula is C14H15NO2. The average Bonchev–Trinajstić information content (AvgIpc) is 2.38. The third kappa shape index (κ3) is 2.91. The molecule has 0 aliphatic rings. The third-order valence-corrected chi connectivity index (χ3v) is 2.51. The number of phenols is 1. The van der Waals surface area contributed by atoms with Crippen LogP contribution >= 0.6 is 0 Å². The molecule has 3 nitrogen and oxygen atoms in total. The van der Waals surface area contributed by atoms with Crippen LogP contribution in [-0.4, -0.2) is 12.2 Å². The Balaban J connectivity index is 2.09. The van der Waals surface area contributed by atoms with Gasteiger partial charge in [-0.25, -0.2) is 0 Å². The summed E-state index contributed by atoms with van der Waals surface area (Å²) < 4.78 is 5.19. The van der Waals surface area contributed by atoms with Crippen molar-refractivity contribution < 1.29 is 9.84 Å². The van der Waals surface area contributed by atoms with Gasteiger partial charge >= 0.3 is 0 Å². The molecule has 0 saturated heterocycles. The van der Waals surface area contributed by atoms with Crippen molar-refractivity contribution in [2.45, 2.75) is 6.54 Å². The van der Waals surface area contributed by atoms with Crippen LogP contribution in [0.25, 0.3) is 0 Å². The highest BCUT2D eigenvalue weighted by molar-refractivity contribution is 5.59. The lowest BCUT2D eigenvalue weighted by molar-refractivity contribution is 0.409. The van der Waals surface area contributed by atoms with Gasteiger partial charge < -0.3 is 15.2 Å². The average molecular weight is 229 g/mol. The second kappa shape index (κ2) is 5.25. The number of rotatable bonds is 4. The van der Waals surface area contributed by atoms with E-state index in [1.807, 2.05) is 18.2 Å². The molecule has 0 bridgehead atoms. The number of anilines is 1. The smallest absolute Gasteiger partial charge is 0.145 e. The number of nitrogens with one attached hydrogen (secondary N) is 1. The summed E-state index contributed by atoms with van der Waals surface area (Å²) in [4.78, 5) is 0. The van der Waals surface area contributed by atoms with Gasteiger partial charge in [-0.15, -0.1) is 0 Å². The van der Waals surface area contributed by atoms with E-state index in [0.29, 0.717) is 5.75 Å². The van der Waals surface area contributed by atoms with Gasteiger partial charge in [0.25, 0.3) is 0 Å². The highest BCUT2D eigenvalue weighted by Crippen LogP contribution is 2.28. The predicted molar refractivity (Wildman–Crippen MR) is 68.4 cm³/mol. The van der Waals surface area contributed by atoms with Crippen LogP contribution in [0.5, 0.6) is 11.5 Å². The zero-order chi connectivity index (χ0) is 12.1. The first-order chi connectivity index (χ1) is 8.29. The van der Waals surface area contributed by atoms with Crippen molar-refractivity contribution >= 4 is 5.69 Å². The molecule has 0 heterocycles. The lowest BCUT2D eigenvalue weighted by atomic mass is 10.2. The maximum Gasteiger partial charge on any atom is 0.145 e. The summed E-state index contributed by atoms with van der Waals surface area (Å²) in [6, 6.07) is 15.1. The molecule has 0 spiro atoms. The molecule has 2 aromatic carbocycles. The second-order valence-corrected chi connectivity index (χ2v) is 3.72. The first-order valence-corrected chi connectivity index (χ1v) is 5.44. The molecule has 0 atom stereocenters. The lowest BCUT2D eigenvalue weighted by Gasteiger charge is -2.11. The van der Waals surface area contributed by atoms with E-state index < -0.39 is 0 Å². The van der Waals surface area contributed by atoms with Gasteiger partial charge in [-0.2, -0.15) is 0 Å². The standard InChI is InChI=1S/C14H15NO2/c1-17-14-9-12(16)7-8-13(14)15-10-11-5-3-2-4-6-11/h2-9,15-16H,10H2,1H3. The molecule has 0 fully saturated rings. The quantitative estimate of drug-likeness (QED) is 0.792. The minimum Gasteiger partial charge on any atom is -0.508 e. The topological polar surface area (TPSA) is 41.5 Å². The lowest BCUT2D eigenvalue weighted by Crippen LogP contribution is -2.00. The van der Waals surface area contributed by atoms with Gasteiger partial charge in [0, 0.05) is 12.6 Å². The van der Waals surface area contributed by atoms with Gasteiger partial charge in [0.15, 0.2) is 0 Å². The van der Waals surface area contributed by atoms with Crippen LogP contribution in [0, 0.1) is 0 Å². The monoisotopic (exact) mass is 229 g/mol. The Kier molecular flexibility index (Phi) is 3.50. The van der Waals surface area contributed by atoms with E-state index in [0.717, 1.165) is 12.2 Å². The molecule has 2 N–H and O–H groups in total. The number of phenolic OH excluding ortho intramolecular Hbond substituents is 1. The van der Waals surface area contributed by atoms with Crippen LogP contribution in [0.3, 0.4) is 0 Å². The number of aromatic hydroxyl groups is 1. The molecule has 0 aliphatic heterocycles. The van der Waals surface area contributed by atoms with Gasteiger partial charge in [-0.05, 0) is 17.7 Å². The molecule has 2 rings (SSSR count). The van der Waals surface area contributed by atoms with Crippen molar-refractivity contribution in [3.8, 4) is 11.5 Å². The number of hydrogen-bond donors (Lipinski definition) is 2. The van der Waals surface area contributed by atoms with Crippen molar-refractivity contribution in [3.05, 3.63) is 54.1 Å². The van der Waals surface area contributed by atoms with Crippen LogP contribution in [0.4, 0.5) is 5.69 Å². The Morgan fingerprint density at radius 1 is 1.12 bits per heavy atom. The van der Waals surface area contributed by atoms with Crippen molar-refractivity contribution in [2.75, 3.05) is 12.4 Å². The molecule has 3 heteroatoms. The molecule has 0 amide bonds. The van der Waals surface area contributed by atoms with Gasteiger partial charge in [0.05, 0.1) is 12.8 Å². The van der Waals surface area contributed by atoms with E-state index in [2.05, 4.69) is 17.4 Å². The summed E-state index contributed by atoms with van der Waals surface area (Å²) >= 11 is 0. The SMILES string of the molecule is COc1cc(O)ccc1NCc1ccccc1. The molecule has 17 heavy (non-hydrogen) atoms. The predicted octanol–water partition coefficient (Wildman–Crippen LogP) is 3.01. The zero-order valence-electron chi connectivity index (χ0n) is 9.68. The Labute approximate surface area is 101 Å². The summed E-state index contributed by atoms with van der Waals surface area (Å²) in [6.07, 6.45) is 0. The van der Waals surface area contributed by atoms with Crippen LogP contribution in [0.15, 0.2) is 48.5 Å². The fraction of sp³-hybridized carbons (Fsp3) is 0.143. The summed E-state index contributed by atoms with van der Waals surface area (Å²) in [5, 5.41) is 12.6. The van der Waals surface area contributed by atoms with Gasteiger partial charge in [-0.1, -0.05) is 30.3 Å². The first kappa shape index (κ1) is 11.3. The normalized spacial score (nSPS) is 9.94. The van der Waals surface area contributed by atoms with Crippen LogP contribution in [-0.2, 0) is 6.54 Å². The molecule has 0 aliphatic carbocycles. The fourth-order valence-electron chi connectivity index (χ4n) is 1.62. The van der Waals surface area contributed by atoms with Crippen LogP contribution in [0.2, 0.25) is 0 Å². The Morgan fingerprint density at radius 3 is 2.59 bits per heavy atom. The van der Waals surface area contributed by atoms with Crippen molar-refractivity contribution in [1.82, 2.24) is 0 Å². The summed E-state index contributed by atoms with van der Waals surface area (Å²) in [5.74, 6) is 0.841. The maximum absolute atomic E-state index is 9.35. The number of methoxy groups -OCH3 is 1. The van der Waals surface area contributed by atoms with E-state index >= 15 is 0 Å². The highest BCUT2D eigenvalue weighted by atomic mass is 16.5. The number of benzene rings is 2. The Bertz CT molecular complexity index is 483. The second-order valence-electron chi connectivity index (χ2n) is 3.72. The van der Waals surface area contributed by atoms with E-state index in [1.165, 1.54) is 5.56 Å². The third-order valence-electron chi connectivity index (χ3n) is 2.51. The number of ether oxygens (including phenoxy) is 1. The molecule has 88 valence electrons. The minimum absolute atomic E-state index is 0.201. The largest absolute Gasteiger partial charge is 0.508 e. The van der Waals surface area contributed by atoms with Crippen molar-refractivity contribution in [2.24, 2.45) is 0 Å². The Hall–Kier alpha value is -2.16. The number of hydrogen-bond acceptors (Lipinski definition) is 3. The summed E-state index contributed by atoms with van der Waals surface area (Å²) in [5.41, 5.74) is 2.07. The fourth-order valence-corrected chi connectivity index (χ4v) is 1.62. The summed E-state index contributed by atoms with van der Waals surface area (Å²) in [6.45, 7) is 0.724. The molecule has 2 aromatic rings. The molecule has 0 unspecified atom stereocenters. The van der Waals surface area contributed by atoms with Crippen LogP contribution < -0.4 is 10.1 Å². The maximum atomic E-state index is 9.35. The van der Waals surface area contributed by atoms with Crippen molar-refractivity contribution in [3.63, 3.8) is 0 Å². The first-order valence-electron chi connectivity index (χ1n) is 5.44. The summed E-state index contributed by atoms with van der Waals surface area (Å²) in [7, 11) is 1.59. The van der Waals surface area contributed by atoms with Gasteiger partial charge in [0.1, 0.15) is 11.5 Å². The highest BCUT2D eigenvalue weighted by Gasteiger charge is 2.03. The van der Waals surface area contributed by atoms with Crippen LogP contribution in [0.1, 0.15) is 5.56 Å². The van der Waals surface area contributed by atoms with E-state index in [4.69, 9.17) is 4.74 Å². The zero-order valence-corrected chi connectivity index (χ0v) is 9.68. The van der Waals surface area contributed by atoms with Gasteiger partial charge in [-0.3, -0.25) is 0 Å². The molecule has 0 aromatic heterocycles. The van der Waals surface area contributed by atoms with Gasteiger partial charge in [0.2, 0.25) is 0 Å². The van der Waals surface area contributed by atoms with E-state index in [-0.39, 0.29) is 5.75 Å². The molecule has 0 saturated carbocycles. The molecular weight excluding hydrogens is 214 g/mol. The Morgan fingerprint density at radius 2 is 1.88 bits per heavy atom. The minimum atomic E-state index is 0.201. The van der Waals surface area contributed by atoms with Crippen molar-refractivity contribution in [1.29, 1.82) is 0 Å². The molecule has 0 radical (unpaired) electrons. The van der Waals surface area contributed by atoms with E-state index in [1.54, 1.807) is 25.3 Å². The van der Waals surface area contributed by atoms with E-state index in [9.17, 15) is 5.11 Å².